The van der Waals surface area contributed by atoms with Crippen LogP contribution in [0.5, 0.6) is 0 Å². The summed E-state index contributed by atoms with van der Waals surface area (Å²) in [4.78, 5) is 37.8. The molecule has 0 fully saturated rings. The van der Waals surface area contributed by atoms with Crippen LogP contribution in [-0.2, 0) is 9.53 Å². The van der Waals surface area contributed by atoms with Gasteiger partial charge in [0.2, 0.25) is 0 Å². The number of esters is 1. The summed E-state index contributed by atoms with van der Waals surface area (Å²) in [6.07, 6.45) is 6.76. The molecule has 0 bridgehead atoms. The molecule has 156 valence electrons. The van der Waals surface area contributed by atoms with E-state index in [1.807, 2.05) is 6.07 Å². The number of nitrogens with one attached hydrogen (secondary N) is 1. The van der Waals surface area contributed by atoms with E-state index >= 15 is 0 Å². The Morgan fingerprint density at radius 1 is 0.967 bits per heavy atom. The van der Waals surface area contributed by atoms with Crippen LogP contribution in [0.3, 0.4) is 0 Å². The van der Waals surface area contributed by atoms with Crippen LogP contribution >= 0.6 is 0 Å². The van der Waals surface area contributed by atoms with Crippen LogP contribution in [0, 0.1) is 0 Å². The Labute approximate surface area is 177 Å². The molecule has 1 atom stereocenters. The number of amides is 1. The number of ether oxygens (including phenoxy) is 1. The maximum Gasteiger partial charge on any atom is 0.339 e. The second-order valence-electron chi connectivity index (χ2n) is 7.44. The number of benzene rings is 2. The lowest BCUT2D eigenvalue weighted by Gasteiger charge is -2.16. The molecule has 1 N–H and O–H groups in total. The molecule has 0 spiro atoms. The average molecular weight is 405 g/mol. The number of rotatable bonds is 8. The first kappa shape index (κ1) is 21.5. The lowest BCUT2D eigenvalue weighted by molar-refractivity contribution is -0.129. The largest absolute Gasteiger partial charge is 0.449 e. The molecular formula is C25H27NO4. The van der Waals surface area contributed by atoms with Crippen LogP contribution in [0.15, 0.2) is 66.2 Å². The van der Waals surface area contributed by atoms with Crippen LogP contribution in [0.4, 0.5) is 0 Å². The molecule has 30 heavy (non-hydrogen) atoms. The number of hydrogen-bond donors (Lipinski definition) is 1. The fourth-order valence-corrected chi connectivity index (χ4v) is 3.50. The van der Waals surface area contributed by atoms with Crippen LogP contribution < -0.4 is 5.32 Å². The highest BCUT2D eigenvalue weighted by molar-refractivity contribution is 6.14. The van der Waals surface area contributed by atoms with Gasteiger partial charge in [-0.1, -0.05) is 60.2 Å². The SMILES string of the molecule is C[C@@H](OC(=O)c1ccccc1C(=O)c1ccccc1)C(=O)NCCC1=CCCCC1. The molecule has 0 aliphatic heterocycles. The Morgan fingerprint density at radius 3 is 2.37 bits per heavy atom. The van der Waals surface area contributed by atoms with E-state index in [2.05, 4.69) is 11.4 Å². The van der Waals surface area contributed by atoms with E-state index in [9.17, 15) is 14.4 Å². The van der Waals surface area contributed by atoms with Crippen LogP contribution in [0.1, 0.15) is 65.3 Å². The minimum absolute atomic E-state index is 0.151. The summed E-state index contributed by atoms with van der Waals surface area (Å²) in [5.74, 6) is -1.29. The van der Waals surface area contributed by atoms with Gasteiger partial charge in [-0.15, -0.1) is 0 Å². The zero-order valence-corrected chi connectivity index (χ0v) is 17.2. The lowest BCUT2D eigenvalue weighted by Crippen LogP contribution is -2.36. The first-order chi connectivity index (χ1) is 14.6. The van der Waals surface area contributed by atoms with Gasteiger partial charge in [0.25, 0.3) is 5.91 Å². The summed E-state index contributed by atoms with van der Waals surface area (Å²) in [5.41, 5.74) is 2.27. The number of carbonyl (C=O) groups excluding carboxylic acids is 3. The third kappa shape index (κ3) is 5.66. The van der Waals surface area contributed by atoms with Gasteiger partial charge in [-0.05, 0) is 45.1 Å². The molecule has 0 heterocycles. The summed E-state index contributed by atoms with van der Waals surface area (Å²) in [5, 5.41) is 2.83. The predicted molar refractivity (Wildman–Crippen MR) is 115 cm³/mol. The fourth-order valence-electron chi connectivity index (χ4n) is 3.50. The maximum absolute atomic E-state index is 12.8. The molecule has 1 aliphatic carbocycles. The van der Waals surface area contributed by atoms with Crippen molar-refractivity contribution in [2.24, 2.45) is 0 Å². The fraction of sp³-hybridized carbons (Fsp3) is 0.320. The Hall–Kier alpha value is -3.21. The Kier molecular flexibility index (Phi) is 7.55. The predicted octanol–water partition coefficient (Wildman–Crippen LogP) is 4.47. The molecule has 3 rings (SSSR count). The zero-order chi connectivity index (χ0) is 21.3. The number of allylic oxidation sites excluding steroid dienone is 1. The first-order valence-electron chi connectivity index (χ1n) is 10.4. The van der Waals surface area contributed by atoms with Gasteiger partial charge in [-0.25, -0.2) is 4.79 Å². The highest BCUT2D eigenvalue weighted by atomic mass is 16.5. The Balaban J connectivity index is 1.59. The molecule has 2 aromatic rings. The quantitative estimate of drug-likeness (QED) is 0.400. The molecule has 0 aromatic heterocycles. The van der Waals surface area contributed by atoms with Gasteiger partial charge >= 0.3 is 5.97 Å². The van der Waals surface area contributed by atoms with E-state index < -0.39 is 12.1 Å². The number of ketones is 1. The van der Waals surface area contributed by atoms with Crippen molar-refractivity contribution in [2.75, 3.05) is 6.54 Å². The van der Waals surface area contributed by atoms with Crippen LogP contribution in [-0.4, -0.2) is 30.3 Å². The topological polar surface area (TPSA) is 72.5 Å². The van der Waals surface area contributed by atoms with Crippen LogP contribution in [0.2, 0.25) is 0 Å². The molecule has 5 heteroatoms. The van der Waals surface area contributed by atoms with Gasteiger partial charge in [-0.3, -0.25) is 9.59 Å². The smallest absolute Gasteiger partial charge is 0.339 e. The average Bonchev–Trinajstić information content (AvgIpc) is 2.79. The Bertz CT molecular complexity index is 933. The van der Waals surface area contributed by atoms with Gasteiger partial charge in [0.05, 0.1) is 5.56 Å². The normalized spacial score (nSPS) is 14.4. The lowest BCUT2D eigenvalue weighted by atomic mass is 9.97. The standard InChI is InChI=1S/C25H27NO4/c1-18(24(28)26-17-16-19-10-4-2-5-11-19)30-25(29)22-15-9-8-14-21(22)23(27)20-12-6-3-7-13-20/h3,6-10,12-15,18H,2,4-5,11,16-17H2,1H3,(H,26,28)/t18-/m1/s1. The second kappa shape index (κ2) is 10.5. The van der Waals surface area contributed by atoms with Gasteiger partial charge in [-0.2, -0.15) is 0 Å². The summed E-state index contributed by atoms with van der Waals surface area (Å²) < 4.78 is 5.35. The molecular weight excluding hydrogens is 378 g/mol. The van der Waals surface area contributed by atoms with Crippen molar-refractivity contribution in [3.05, 3.63) is 82.9 Å². The summed E-state index contributed by atoms with van der Waals surface area (Å²) >= 11 is 0. The zero-order valence-electron chi connectivity index (χ0n) is 17.2. The van der Waals surface area contributed by atoms with E-state index in [-0.39, 0.29) is 22.8 Å². The molecule has 0 saturated carbocycles. The van der Waals surface area contributed by atoms with Crippen molar-refractivity contribution in [1.82, 2.24) is 5.32 Å². The van der Waals surface area contributed by atoms with Gasteiger partial charge in [0.1, 0.15) is 0 Å². The third-order valence-corrected chi connectivity index (χ3v) is 5.21. The molecule has 5 nitrogen and oxygen atoms in total. The van der Waals surface area contributed by atoms with Crippen molar-refractivity contribution in [3.8, 4) is 0 Å². The van der Waals surface area contributed by atoms with Crippen molar-refractivity contribution in [3.63, 3.8) is 0 Å². The number of hydrogen-bond acceptors (Lipinski definition) is 4. The molecule has 1 aliphatic rings. The van der Waals surface area contributed by atoms with Crippen molar-refractivity contribution in [1.29, 1.82) is 0 Å². The monoisotopic (exact) mass is 405 g/mol. The maximum atomic E-state index is 12.8. The summed E-state index contributed by atoms with van der Waals surface area (Å²) in [6.45, 7) is 2.06. The van der Waals surface area contributed by atoms with E-state index in [1.165, 1.54) is 25.3 Å². The van der Waals surface area contributed by atoms with Crippen molar-refractivity contribution < 1.29 is 19.1 Å². The minimum Gasteiger partial charge on any atom is -0.449 e. The van der Waals surface area contributed by atoms with Crippen molar-refractivity contribution >= 4 is 17.7 Å². The summed E-state index contributed by atoms with van der Waals surface area (Å²) in [7, 11) is 0. The van der Waals surface area contributed by atoms with Gasteiger partial charge in [0, 0.05) is 17.7 Å². The Morgan fingerprint density at radius 2 is 1.67 bits per heavy atom. The number of carbonyl (C=O) groups is 3. The highest BCUT2D eigenvalue weighted by Crippen LogP contribution is 2.19. The van der Waals surface area contributed by atoms with E-state index in [0.29, 0.717) is 12.1 Å². The second-order valence-corrected chi connectivity index (χ2v) is 7.44. The van der Waals surface area contributed by atoms with E-state index in [4.69, 9.17) is 4.74 Å². The first-order valence-corrected chi connectivity index (χ1v) is 10.4. The van der Waals surface area contributed by atoms with Crippen LogP contribution in [0.25, 0.3) is 0 Å². The molecule has 0 unspecified atom stereocenters. The minimum atomic E-state index is -0.947. The summed E-state index contributed by atoms with van der Waals surface area (Å²) in [6, 6.07) is 15.2. The molecule has 0 saturated heterocycles. The van der Waals surface area contributed by atoms with Gasteiger partial charge < -0.3 is 10.1 Å². The molecule has 0 radical (unpaired) electrons. The highest BCUT2D eigenvalue weighted by Gasteiger charge is 2.23. The third-order valence-electron chi connectivity index (χ3n) is 5.21. The molecule has 1 amide bonds. The van der Waals surface area contributed by atoms with Gasteiger partial charge in [0.15, 0.2) is 11.9 Å². The van der Waals surface area contributed by atoms with Crippen molar-refractivity contribution in [2.45, 2.75) is 45.1 Å². The van der Waals surface area contributed by atoms with E-state index in [1.54, 1.807) is 48.5 Å². The molecule has 2 aromatic carbocycles. The van der Waals surface area contributed by atoms with E-state index in [0.717, 1.165) is 19.3 Å².